The summed E-state index contributed by atoms with van der Waals surface area (Å²) in [6, 6.07) is 7.54. The molecule has 20 heavy (non-hydrogen) atoms. The van der Waals surface area contributed by atoms with E-state index in [0.717, 1.165) is 37.7 Å². The Kier molecular flexibility index (Phi) is 5.18. The van der Waals surface area contributed by atoms with Crippen molar-refractivity contribution in [3.8, 4) is 0 Å². The van der Waals surface area contributed by atoms with Crippen molar-refractivity contribution in [2.24, 2.45) is 0 Å². The summed E-state index contributed by atoms with van der Waals surface area (Å²) in [6.45, 7) is 2.08. The fourth-order valence-corrected chi connectivity index (χ4v) is 4.20. The van der Waals surface area contributed by atoms with Gasteiger partial charge in [-0.05, 0) is 44.0 Å². The molecule has 0 aromatic heterocycles. The Hall–Kier alpha value is -0.910. The van der Waals surface area contributed by atoms with E-state index >= 15 is 0 Å². The predicted molar refractivity (Wildman–Crippen MR) is 81.1 cm³/mol. The van der Waals surface area contributed by atoms with Crippen LogP contribution in [0.3, 0.4) is 0 Å². The van der Waals surface area contributed by atoms with Crippen molar-refractivity contribution in [3.63, 3.8) is 0 Å². The van der Waals surface area contributed by atoms with Gasteiger partial charge in [0.15, 0.2) is 0 Å². The summed E-state index contributed by atoms with van der Waals surface area (Å²) in [4.78, 5) is 0.371. The van der Waals surface area contributed by atoms with Crippen LogP contribution < -0.4 is 10.0 Å². The van der Waals surface area contributed by atoms with Crippen LogP contribution in [0, 0.1) is 0 Å². The third-order valence-corrected chi connectivity index (χ3v) is 5.52. The predicted octanol–water partition coefficient (Wildman–Crippen LogP) is 2.58. The van der Waals surface area contributed by atoms with Crippen LogP contribution >= 0.6 is 0 Å². The highest BCUT2D eigenvalue weighted by Gasteiger charge is 2.23. The molecule has 112 valence electrons. The molecule has 1 aromatic rings. The topological polar surface area (TPSA) is 58.2 Å². The second-order valence-corrected chi connectivity index (χ2v) is 7.14. The molecule has 1 fully saturated rings. The summed E-state index contributed by atoms with van der Waals surface area (Å²) >= 11 is 0. The minimum absolute atomic E-state index is 0.106. The number of hydrogen-bond acceptors (Lipinski definition) is 3. The monoisotopic (exact) mass is 296 g/mol. The van der Waals surface area contributed by atoms with Crippen molar-refractivity contribution in [1.29, 1.82) is 0 Å². The molecule has 1 aliphatic carbocycles. The third kappa shape index (κ3) is 3.59. The van der Waals surface area contributed by atoms with E-state index < -0.39 is 10.0 Å². The molecule has 0 heterocycles. The highest BCUT2D eigenvalue weighted by atomic mass is 32.2. The lowest BCUT2D eigenvalue weighted by atomic mass is 10.1. The van der Waals surface area contributed by atoms with Crippen molar-refractivity contribution in [1.82, 2.24) is 10.0 Å². The van der Waals surface area contributed by atoms with Crippen LogP contribution in [-0.2, 0) is 10.0 Å². The van der Waals surface area contributed by atoms with Gasteiger partial charge in [0.2, 0.25) is 10.0 Å². The van der Waals surface area contributed by atoms with E-state index in [0.29, 0.717) is 4.90 Å². The van der Waals surface area contributed by atoms with Gasteiger partial charge in [-0.2, -0.15) is 0 Å². The smallest absolute Gasteiger partial charge is 0.240 e. The van der Waals surface area contributed by atoms with E-state index in [-0.39, 0.29) is 12.1 Å². The van der Waals surface area contributed by atoms with E-state index in [1.54, 1.807) is 12.1 Å². The first-order valence-electron chi connectivity index (χ1n) is 7.36. The molecule has 1 aliphatic rings. The molecule has 4 nitrogen and oxygen atoms in total. The lowest BCUT2D eigenvalue weighted by Crippen LogP contribution is -2.32. The summed E-state index contributed by atoms with van der Waals surface area (Å²) in [5.74, 6) is 0. The molecule has 0 aliphatic heterocycles. The highest BCUT2D eigenvalue weighted by molar-refractivity contribution is 7.89. The van der Waals surface area contributed by atoms with Gasteiger partial charge in [0, 0.05) is 12.1 Å². The van der Waals surface area contributed by atoms with Gasteiger partial charge >= 0.3 is 0 Å². The number of nitrogens with one attached hydrogen (secondary N) is 2. The molecule has 0 spiro atoms. The molecule has 0 saturated heterocycles. The maximum absolute atomic E-state index is 12.4. The lowest BCUT2D eigenvalue weighted by molar-refractivity contribution is 0.550. The molecule has 1 atom stereocenters. The standard InChI is InChI=1S/C15H24N2O2S/c1-3-15(16-2)12-7-6-10-14(11-12)20(18,19)17-13-8-4-5-9-13/h6-7,10-11,13,15-17H,3-5,8-9H2,1-2H3. The van der Waals surface area contributed by atoms with E-state index in [9.17, 15) is 8.42 Å². The zero-order valence-corrected chi connectivity index (χ0v) is 13.0. The van der Waals surface area contributed by atoms with Crippen LogP contribution in [0.1, 0.15) is 50.6 Å². The molecule has 5 heteroatoms. The number of benzene rings is 1. The van der Waals surface area contributed by atoms with Crippen molar-refractivity contribution in [3.05, 3.63) is 29.8 Å². The van der Waals surface area contributed by atoms with Crippen LogP contribution in [0.4, 0.5) is 0 Å². The average molecular weight is 296 g/mol. The number of rotatable bonds is 6. The minimum Gasteiger partial charge on any atom is -0.313 e. The Bertz CT molecular complexity index is 533. The zero-order chi connectivity index (χ0) is 14.6. The molecule has 0 amide bonds. The Labute approximate surface area is 122 Å². The molecule has 2 N–H and O–H groups in total. The van der Waals surface area contributed by atoms with E-state index in [2.05, 4.69) is 17.0 Å². The van der Waals surface area contributed by atoms with Crippen molar-refractivity contribution >= 4 is 10.0 Å². The summed E-state index contributed by atoms with van der Waals surface area (Å²) < 4.78 is 27.6. The van der Waals surface area contributed by atoms with Gasteiger partial charge in [0.1, 0.15) is 0 Å². The molecular formula is C15H24N2O2S. The van der Waals surface area contributed by atoms with Crippen LogP contribution in [0.25, 0.3) is 0 Å². The maximum atomic E-state index is 12.4. The second-order valence-electron chi connectivity index (χ2n) is 5.42. The number of sulfonamides is 1. The van der Waals surface area contributed by atoms with E-state index in [4.69, 9.17) is 0 Å². The first-order chi connectivity index (χ1) is 9.56. The van der Waals surface area contributed by atoms with Gasteiger partial charge in [-0.3, -0.25) is 0 Å². The van der Waals surface area contributed by atoms with Gasteiger partial charge in [0.05, 0.1) is 4.90 Å². The van der Waals surface area contributed by atoms with Crippen molar-refractivity contribution < 1.29 is 8.42 Å². The van der Waals surface area contributed by atoms with Gasteiger partial charge in [-0.25, -0.2) is 13.1 Å². The fourth-order valence-electron chi connectivity index (χ4n) is 2.84. The first kappa shape index (κ1) is 15.5. The maximum Gasteiger partial charge on any atom is 0.240 e. The Morgan fingerprint density at radius 1 is 1.30 bits per heavy atom. The zero-order valence-electron chi connectivity index (χ0n) is 12.2. The fraction of sp³-hybridized carbons (Fsp3) is 0.600. The van der Waals surface area contributed by atoms with Crippen molar-refractivity contribution in [2.75, 3.05) is 7.05 Å². The quantitative estimate of drug-likeness (QED) is 0.848. The molecule has 2 rings (SSSR count). The largest absolute Gasteiger partial charge is 0.313 e. The lowest BCUT2D eigenvalue weighted by Gasteiger charge is -2.17. The average Bonchev–Trinajstić information content (AvgIpc) is 2.93. The van der Waals surface area contributed by atoms with Crippen LogP contribution in [0.15, 0.2) is 29.2 Å². The summed E-state index contributed by atoms with van der Waals surface area (Å²) in [5.41, 5.74) is 1.02. The third-order valence-electron chi connectivity index (χ3n) is 4.00. The Balaban J connectivity index is 2.20. The number of hydrogen-bond donors (Lipinski definition) is 2. The molecule has 1 unspecified atom stereocenters. The van der Waals surface area contributed by atoms with Crippen molar-refractivity contribution in [2.45, 2.75) is 56.0 Å². The van der Waals surface area contributed by atoms with Gasteiger partial charge in [-0.15, -0.1) is 0 Å². The summed E-state index contributed by atoms with van der Waals surface area (Å²) in [6.07, 6.45) is 5.06. The van der Waals surface area contributed by atoms with Gasteiger partial charge in [0.25, 0.3) is 0 Å². The SMILES string of the molecule is CCC(NC)c1cccc(S(=O)(=O)NC2CCCC2)c1. The second kappa shape index (κ2) is 6.70. The molecule has 0 bridgehead atoms. The molecule has 1 aromatic carbocycles. The summed E-state index contributed by atoms with van der Waals surface area (Å²) in [5, 5.41) is 3.20. The highest BCUT2D eigenvalue weighted by Crippen LogP contribution is 2.23. The minimum atomic E-state index is -3.39. The Morgan fingerprint density at radius 2 is 2.00 bits per heavy atom. The summed E-state index contributed by atoms with van der Waals surface area (Å²) in [7, 11) is -1.50. The van der Waals surface area contributed by atoms with Crippen LogP contribution in [0.2, 0.25) is 0 Å². The van der Waals surface area contributed by atoms with Gasteiger partial charge < -0.3 is 5.32 Å². The first-order valence-corrected chi connectivity index (χ1v) is 8.84. The van der Waals surface area contributed by atoms with Gasteiger partial charge in [-0.1, -0.05) is 31.9 Å². The molecular weight excluding hydrogens is 272 g/mol. The van der Waals surface area contributed by atoms with Crippen LogP contribution in [0.5, 0.6) is 0 Å². The van der Waals surface area contributed by atoms with E-state index in [1.807, 2.05) is 19.2 Å². The molecule has 1 saturated carbocycles. The van der Waals surface area contributed by atoms with E-state index in [1.165, 1.54) is 0 Å². The Morgan fingerprint density at radius 3 is 2.60 bits per heavy atom. The normalized spacial score (nSPS) is 18.3. The van der Waals surface area contributed by atoms with Crippen LogP contribution in [-0.4, -0.2) is 21.5 Å². The molecule has 0 radical (unpaired) electrons.